The first kappa shape index (κ1) is 28.0. The van der Waals surface area contributed by atoms with Gasteiger partial charge in [-0.3, -0.25) is 4.90 Å². The number of carbonyl (C=O) groups excluding carboxylic acids is 1. The number of fused-ring (bicyclic) bond motifs is 2. The summed E-state index contributed by atoms with van der Waals surface area (Å²) in [6.45, 7) is 4.47. The van der Waals surface area contributed by atoms with Gasteiger partial charge >= 0.3 is 5.97 Å². The van der Waals surface area contributed by atoms with Crippen molar-refractivity contribution in [3.63, 3.8) is 0 Å². The topological polar surface area (TPSA) is 107 Å². The molecule has 9 heteroatoms. The zero-order valence-electron chi connectivity index (χ0n) is 24.8. The molecule has 13 unspecified atom stereocenters. The van der Waals surface area contributed by atoms with Crippen molar-refractivity contribution in [1.82, 2.24) is 4.90 Å². The first-order valence-corrected chi connectivity index (χ1v) is 15.3. The molecule has 2 N–H and O–H groups in total. The van der Waals surface area contributed by atoms with Crippen molar-refractivity contribution in [2.24, 2.45) is 40.4 Å². The Morgan fingerprint density at radius 2 is 1.83 bits per heavy atom. The summed E-state index contributed by atoms with van der Waals surface area (Å²) in [4.78, 5) is 16.1. The van der Waals surface area contributed by atoms with Gasteiger partial charge in [-0.15, -0.1) is 0 Å². The predicted octanol–water partition coefficient (Wildman–Crippen LogP) is 2.38. The zero-order valence-corrected chi connectivity index (χ0v) is 24.8. The lowest BCUT2D eigenvalue weighted by Gasteiger charge is -2.68. The second-order valence-corrected chi connectivity index (χ2v) is 13.7. The van der Waals surface area contributed by atoms with Crippen LogP contribution in [0.25, 0.3) is 0 Å². The van der Waals surface area contributed by atoms with E-state index in [0.717, 1.165) is 25.9 Å². The third kappa shape index (κ3) is 3.36. The molecule has 6 aliphatic rings. The summed E-state index contributed by atoms with van der Waals surface area (Å²) in [6.07, 6.45) is 1.21. The lowest BCUT2D eigenvalue weighted by atomic mass is 9.43. The molecule has 7 bridgehead atoms. The van der Waals surface area contributed by atoms with Crippen molar-refractivity contribution < 1.29 is 38.7 Å². The van der Waals surface area contributed by atoms with Crippen LogP contribution in [0.5, 0.6) is 5.75 Å². The number of hydrogen-bond donors (Lipinski definition) is 2. The van der Waals surface area contributed by atoms with Crippen LogP contribution in [0.2, 0.25) is 0 Å². The molecule has 0 radical (unpaired) electrons. The molecule has 1 heterocycles. The van der Waals surface area contributed by atoms with Gasteiger partial charge in [-0.2, -0.15) is 0 Å². The average molecular weight is 572 g/mol. The highest BCUT2D eigenvalue weighted by Crippen LogP contribution is 2.79. The minimum atomic E-state index is -1.17. The van der Waals surface area contributed by atoms with E-state index in [4.69, 9.17) is 23.7 Å². The number of nitrogens with zero attached hydrogens (tertiary/aromatic N) is 1. The van der Waals surface area contributed by atoms with Gasteiger partial charge in [0, 0.05) is 74.8 Å². The highest BCUT2D eigenvalue weighted by Gasteiger charge is 2.86. The van der Waals surface area contributed by atoms with E-state index in [1.54, 1.807) is 52.7 Å². The van der Waals surface area contributed by atoms with E-state index < -0.39 is 29.2 Å². The Morgan fingerprint density at radius 1 is 1.07 bits per heavy atom. The Balaban J connectivity index is 1.37. The maximum Gasteiger partial charge on any atom is 0.338 e. The van der Waals surface area contributed by atoms with Crippen LogP contribution in [0.15, 0.2) is 24.3 Å². The highest BCUT2D eigenvalue weighted by molar-refractivity contribution is 5.89. The largest absolute Gasteiger partial charge is 0.497 e. The molecular formula is C32H45NO8. The molecule has 0 aromatic heterocycles. The number of aliphatic hydroxyl groups is 2. The zero-order chi connectivity index (χ0) is 28.9. The second-order valence-electron chi connectivity index (χ2n) is 13.7. The molecule has 226 valence electrons. The van der Waals surface area contributed by atoms with E-state index in [-0.39, 0.29) is 53.3 Å². The molecule has 1 spiro atoms. The molecule has 1 saturated heterocycles. The van der Waals surface area contributed by atoms with E-state index in [1.807, 2.05) is 0 Å². The number of carbonyl (C=O) groups is 1. The van der Waals surface area contributed by atoms with E-state index in [2.05, 4.69) is 11.8 Å². The summed E-state index contributed by atoms with van der Waals surface area (Å²) < 4.78 is 30.1. The molecule has 0 amide bonds. The van der Waals surface area contributed by atoms with Gasteiger partial charge in [0.15, 0.2) is 0 Å². The van der Waals surface area contributed by atoms with Crippen molar-refractivity contribution in [3.05, 3.63) is 29.8 Å². The molecule has 5 saturated carbocycles. The maximum absolute atomic E-state index is 13.6. The lowest BCUT2D eigenvalue weighted by molar-refractivity contribution is -0.272. The van der Waals surface area contributed by atoms with Gasteiger partial charge in [0.25, 0.3) is 0 Å². The van der Waals surface area contributed by atoms with Crippen LogP contribution in [0.1, 0.15) is 43.0 Å². The predicted molar refractivity (Wildman–Crippen MR) is 148 cm³/mol. The first-order valence-electron chi connectivity index (χ1n) is 15.3. The Labute approximate surface area is 242 Å². The van der Waals surface area contributed by atoms with Crippen LogP contribution in [0.3, 0.4) is 0 Å². The van der Waals surface area contributed by atoms with E-state index in [1.165, 1.54) is 0 Å². The number of hydrogen-bond acceptors (Lipinski definition) is 9. The van der Waals surface area contributed by atoms with E-state index in [0.29, 0.717) is 30.8 Å². The summed E-state index contributed by atoms with van der Waals surface area (Å²) in [5.74, 6) is -0.360. The number of rotatable bonds is 8. The first-order chi connectivity index (χ1) is 19.7. The van der Waals surface area contributed by atoms with Gasteiger partial charge < -0.3 is 33.9 Å². The number of methoxy groups -OCH3 is 4. The molecule has 9 nitrogen and oxygen atoms in total. The molecule has 13 atom stereocenters. The molecule has 5 aliphatic carbocycles. The van der Waals surface area contributed by atoms with Gasteiger partial charge in [0.05, 0.1) is 43.2 Å². The average Bonchev–Trinajstić information content (AvgIpc) is 3.42. The summed E-state index contributed by atoms with van der Waals surface area (Å²) >= 11 is 0. The maximum atomic E-state index is 13.6. The fourth-order valence-electron chi connectivity index (χ4n) is 11.7. The Hall–Kier alpha value is -1.75. The van der Waals surface area contributed by atoms with Crippen LogP contribution >= 0.6 is 0 Å². The SMILES string of the molecule is CCN1CC2(COC)CCC(O)C34C5CC6C(OC)CC(O)(C5C6OC(=O)c5ccc(OC)cc5)C(C(OC)C23)C14. The van der Waals surface area contributed by atoms with Gasteiger partial charge in [-0.05, 0) is 56.0 Å². The Kier molecular flexibility index (Phi) is 6.59. The number of ether oxygens (including phenoxy) is 5. The van der Waals surface area contributed by atoms with Crippen molar-refractivity contribution in [1.29, 1.82) is 0 Å². The lowest BCUT2D eigenvalue weighted by Crippen LogP contribution is -2.76. The normalized spacial score (nSPS) is 49.1. The van der Waals surface area contributed by atoms with Gasteiger partial charge in [0.2, 0.25) is 0 Å². The van der Waals surface area contributed by atoms with E-state index in [9.17, 15) is 15.0 Å². The summed E-state index contributed by atoms with van der Waals surface area (Å²) in [7, 11) is 6.81. The van der Waals surface area contributed by atoms with Gasteiger partial charge in [0.1, 0.15) is 11.9 Å². The quantitative estimate of drug-likeness (QED) is 0.455. The molecular weight excluding hydrogens is 526 g/mol. The minimum absolute atomic E-state index is 0.0266. The number of aliphatic hydroxyl groups excluding tert-OH is 1. The fraction of sp³-hybridized carbons (Fsp3) is 0.781. The van der Waals surface area contributed by atoms with Crippen LogP contribution in [0, 0.1) is 40.4 Å². The second kappa shape index (κ2) is 9.63. The third-order valence-electron chi connectivity index (χ3n) is 12.7. The van der Waals surface area contributed by atoms with Crippen molar-refractivity contribution in [2.45, 2.75) is 68.7 Å². The van der Waals surface area contributed by atoms with Crippen molar-refractivity contribution >= 4 is 5.97 Å². The minimum Gasteiger partial charge on any atom is -0.497 e. The number of esters is 1. The van der Waals surface area contributed by atoms with E-state index >= 15 is 0 Å². The molecule has 41 heavy (non-hydrogen) atoms. The highest BCUT2D eigenvalue weighted by atomic mass is 16.6. The van der Waals surface area contributed by atoms with Crippen LogP contribution in [0.4, 0.5) is 0 Å². The molecule has 1 aromatic carbocycles. The van der Waals surface area contributed by atoms with Crippen molar-refractivity contribution in [3.8, 4) is 5.75 Å². The summed E-state index contributed by atoms with van der Waals surface area (Å²) in [6, 6.07) is 6.91. The molecule has 7 rings (SSSR count). The molecule has 6 fully saturated rings. The molecule has 1 aromatic rings. The summed E-state index contributed by atoms with van der Waals surface area (Å²) in [5, 5.41) is 25.3. The Bertz CT molecular complexity index is 1180. The van der Waals surface area contributed by atoms with Crippen LogP contribution in [-0.2, 0) is 18.9 Å². The van der Waals surface area contributed by atoms with Gasteiger partial charge in [-0.25, -0.2) is 4.79 Å². The number of likely N-dealkylation sites (tertiary alicyclic amines) is 1. The summed E-state index contributed by atoms with van der Waals surface area (Å²) in [5.41, 5.74) is -1.40. The van der Waals surface area contributed by atoms with Gasteiger partial charge in [-0.1, -0.05) is 6.92 Å². The third-order valence-corrected chi connectivity index (χ3v) is 12.7. The van der Waals surface area contributed by atoms with Crippen LogP contribution in [-0.4, -0.2) is 105 Å². The molecule has 1 aliphatic heterocycles. The number of benzene rings is 1. The smallest absolute Gasteiger partial charge is 0.338 e. The van der Waals surface area contributed by atoms with Crippen LogP contribution < -0.4 is 4.74 Å². The monoisotopic (exact) mass is 571 g/mol. The Morgan fingerprint density at radius 3 is 2.46 bits per heavy atom. The fourth-order valence-corrected chi connectivity index (χ4v) is 11.7. The number of piperidine rings is 1. The standard InChI is InChI=1S/C32H45NO8/c1-6-33-15-30(16-37-2)12-11-22(34)32-20-13-19-21(39-4)14-31(36,24(28(32)33)26(40-5)27(30)32)23(20)25(19)41-29(35)17-7-9-18(38-3)10-8-17/h7-10,19-28,34,36H,6,11-16H2,1-5H3. The van der Waals surface area contributed by atoms with Crippen molar-refractivity contribution in [2.75, 3.05) is 48.1 Å².